The number of allylic oxidation sites excluding steroid dienone is 17. The van der Waals surface area contributed by atoms with Crippen molar-refractivity contribution in [3.63, 3.8) is 0 Å². The molecule has 11 nitrogen and oxygen atoms in total. The molecule has 0 aromatic carbocycles. The molecule has 0 spiro atoms. The lowest BCUT2D eigenvalue weighted by Gasteiger charge is -2.28. The van der Waals surface area contributed by atoms with E-state index in [-0.39, 0.29) is 45.3 Å². The first kappa shape index (κ1) is 58.6. The first-order valence-electron chi connectivity index (χ1n) is 22.8. The van der Waals surface area contributed by atoms with Crippen molar-refractivity contribution < 1.29 is 52.3 Å². The number of quaternary nitrogens is 1. The first-order valence-corrected chi connectivity index (χ1v) is 24.2. The number of unbranched alkanes of at least 4 members (excludes halogenated alkanes) is 3. The Balaban J connectivity index is 4.66. The Morgan fingerprint density at radius 3 is 1.55 bits per heavy atom. The van der Waals surface area contributed by atoms with Crippen LogP contribution in [0, 0.1) is 0 Å². The van der Waals surface area contributed by atoms with E-state index in [2.05, 4.69) is 105 Å². The van der Waals surface area contributed by atoms with Crippen molar-refractivity contribution >= 4 is 19.8 Å². The zero-order valence-electron chi connectivity index (χ0n) is 38.7. The zero-order valence-corrected chi connectivity index (χ0v) is 39.6. The largest absolute Gasteiger partial charge is 0.756 e. The summed E-state index contributed by atoms with van der Waals surface area (Å²) in [5.41, 5.74) is 0. The molecule has 4 atom stereocenters. The van der Waals surface area contributed by atoms with E-state index in [1.54, 1.807) is 0 Å². The summed E-state index contributed by atoms with van der Waals surface area (Å²) in [6.45, 7) is 3.58. The van der Waals surface area contributed by atoms with E-state index >= 15 is 0 Å². The lowest BCUT2D eigenvalue weighted by Crippen LogP contribution is -2.37. The van der Waals surface area contributed by atoms with Crippen LogP contribution in [-0.2, 0) is 32.7 Å². The van der Waals surface area contributed by atoms with Gasteiger partial charge in [-0.15, -0.1) is 0 Å². The molecular formula is C50H82NO10P. The number of carbonyl (C=O) groups is 2. The third kappa shape index (κ3) is 41.9. The number of nitrogens with zero attached hydrogens (tertiary/aromatic N) is 1. The maximum Gasteiger partial charge on any atom is 0.306 e. The van der Waals surface area contributed by atoms with E-state index in [4.69, 9.17) is 18.5 Å². The molecule has 0 aromatic heterocycles. The summed E-state index contributed by atoms with van der Waals surface area (Å²) in [6.07, 6.45) is 47.2. The molecule has 0 heterocycles. The molecule has 0 aromatic rings. The fraction of sp³-hybridized carbons (Fsp3) is 0.600. The van der Waals surface area contributed by atoms with Gasteiger partial charge < -0.3 is 38.1 Å². The quantitative estimate of drug-likeness (QED) is 0.0201. The van der Waals surface area contributed by atoms with Crippen LogP contribution in [0.5, 0.6) is 0 Å². The smallest absolute Gasteiger partial charge is 0.306 e. The van der Waals surface area contributed by atoms with Crippen LogP contribution in [0.1, 0.15) is 129 Å². The number of hydrogen-bond acceptors (Lipinski definition) is 10. The molecule has 0 saturated heterocycles. The molecule has 0 aliphatic heterocycles. The van der Waals surface area contributed by atoms with Crippen molar-refractivity contribution in [2.45, 2.75) is 148 Å². The monoisotopic (exact) mass is 888 g/mol. The van der Waals surface area contributed by atoms with Gasteiger partial charge in [-0.3, -0.25) is 14.2 Å². The Labute approximate surface area is 375 Å². The summed E-state index contributed by atoms with van der Waals surface area (Å²) in [5, 5.41) is 20.8. The summed E-state index contributed by atoms with van der Waals surface area (Å²) in [7, 11) is 0.945. The van der Waals surface area contributed by atoms with Crippen molar-refractivity contribution in [2.24, 2.45) is 0 Å². The van der Waals surface area contributed by atoms with Crippen molar-refractivity contribution in [3.8, 4) is 0 Å². The first-order chi connectivity index (χ1) is 29.8. The highest BCUT2D eigenvalue weighted by atomic mass is 31.2. The molecule has 0 fully saturated rings. The van der Waals surface area contributed by atoms with Gasteiger partial charge >= 0.3 is 11.9 Å². The fourth-order valence-electron chi connectivity index (χ4n) is 5.35. The number of phosphoric ester groups is 1. The third-order valence-corrected chi connectivity index (χ3v) is 9.95. The molecule has 0 rings (SSSR count). The lowest BCUT2D eigenvalue weighted by molar-refractivity contribution is -0.870. The number of phosphoric acid groups is 1. The predicted octanol–water partition coefficient (Wildman–Crippen LogP) is 10.4. The summed E-state index contributed by atoms with van der Waals surface area (Å²) >= 11 is 0. The van der Waals surface area contributed by atoms with Crippen LogP contribution in [0.3, 0.4) is 0 Å². The molecule has 2 N–H and O–H groups in total. The average molecular weight is 888 g/mol. The number of rotatable bonds is 39. The van der Waals surface area contributed by atoms with Gasteiger partial charge in [0.1, 0.15) is 19.8 Å². The topological polar surface area (TPSA) is 152 Å². The second-order valence-electron chi connectivity index (χ2n) is 16.0. The van der Waals surface area contributed by atoms with E-state index in [0.717, 1.165) is 77.0 Å². The van der Waals surface area contributed by atoms with Crippen LogP contribution in [-0.4, -0.2) is 92.5 Å². The number of ether oxygens (including phenoxy) is 2. The second kappa shape index (κ2) is 40.4. The van der Waals surface area contributed by atoms with E-state index in [9.17, 15) is 29.3 Å². The summed E-state index contributed by atoms with van der Waals surface area (Å²) in [6, 6.07) is 0. The fourth-order valence-corrected chi connectivity index (χ4v) is 6.08. The van der Waals surface area contributed by atoms with Crippen molar-refractivity contribution in [3.05, 3.63) is 109 Å². The van der Waals surface area contributed by atoms with Crippen LogP contribution >= 0.6 is 7.82 Å². The van der Waals surface area contributed by atoms with Crippen LogP contribution < -0.4 is 4.89 Å². The van der Waals surface area contributed by atoms with E-state index in [1.165, 1.54) is 0 Å². The minimum Gasteiger partial charge on any atom is -0.756 e. The van der Waals surface area contributed by atoms with Crippen LogP contribution in [0.25, 0.3) is 0 Å². The highest BCUT2D eigenvalue weighted by molar-refractivity contribution is 7.45. The Bertz CT molecular complexity index is 1450. The molecule has 12 heteroatoms. The van der Waals surface area contributed by atoms with Crippen molar-refractivity contribution in [1.29, 1.82) is 0 Å². The Kier molecular flexibility index (Phi) is 38.1. The van der Waals surface area contributed by atoms with E-state index in [0.29, 0.717) is 17.4 Å². The Hall–Kier alpha value is -3.41. The van der Waals surface area contributed by atoms with Gasteiger partial charge in [0.15, 0.2) is 6.10 Å². The Morgan fingerprint density at radius 2 is 1.05 bits per heavy atom. The number of aliphatic hydroxyl groups is 2. The second-order valence-corrected chi connectivity index (χ2v) is 17.4. The normalized spacial score (nSPS) is 15.5. The van der Waals surface area contributed by atoms with Crippen LogP contribution in [0.4, 0.5) is 0 Å². The highest BCUT2D eigenvalue weighted by Gasteiger charge is 2.22. The van der Waals surface area contributed by atoms with Gasteiger partial charge in [0, 0.05) is 12.8 Å². The van der Waals surface area contributed by atoms with E-state index < -0.39 is 44.7 Å². The summed E-state index contributed by atoms with van der Waals surface area (Å²) in [4.78, 5) is 37.7. The molecule has 0 amide bonds. The SMILES string of the molecule is CC/C=C\C/C=C\C/C=C\C/C=C\C/C=C\CCCCCC(=O)OC[C@H](COP(=O)([O-])OCC[N+](C)(C)C)OC(=O)CCC[C@@H](O)[C@H](O)C/C=C\C/C=C\C/C=C\C/C=C\CC. The number of aliphatic hydroxyl groups excluding tert-OH is 2. The van der Waals surface area contributed by atoms with Gasteiger partial charge in [-0.05, 0) is 96.3 Å². The third-order valence-electron chi connectivity index (χ3n) is 8.99. The minimum atomic E-state index is -4.73. The maximum absolute atomic E-state index is 12.7. The van der Waals surface area contributed by atoms with Gasteiger partial charge in [0.25, 0.3) is 7.82 Å². The molecule has 352 valence electrons. The molecule has 0 radical (unpaired) electrons. The van der Waals surface area contributed by atoms with Gasteiger partial charge in [-0.1, -0.05) is 130 Å². The lowest BCUT2D eigenvalue weighted by atomic mass is 10.0. The van der Waals surface area contributed by atoms with Crippen molar-refractivity contribution in [2.75, 3.05) is 47.5 Å². The number of likely N-dealkylation sites (N-methyl/N-ethyl adjacent to an activating group) is 1. The van der Waals surface area contributed by atoms with E-state index in [1.807, 2.05) is 39.4 Å². The Morgan fingerprint density at radius 1 is 0.581 bits per heavy atom. The molecule has 62 heavy (non-hydrogen) atoms. The summed E-state index contributed by atoms with van der Waals surface area (Å²) in [5.74, 6) is -1.17. The molecule has 1 unspecified atom stereocenters. The standard InChI is InChI=1S/C50H82NO10P/c1-6-8-10-12-14-16-18-20-21-22-23-24-25-26-28-30-32-34-36-40-49(54)58-44-46(45-60-62(56,57)59-43-42-51(3,4)5)61-50(55)41-37-39-48(53)47(52)38-35-33-31-29-27-19-17-15-13-11-9-7-2/h8-11,14-17,20-21,23-24,26-29,33,35,46-48,52-53H,6-7,12-13,18-19,22,25,30-32,34,36-45H2,1-5H3/b10-8-,11-9-,16-14-,17-15-,21-20-,24-23-,28-26-,29-27-,35-33-/t46-,47-,48-/m1/s1. The van der Waals surface area contributed by atoms with Gasteiger partial charge in [-0.25, -0.2) is 0 Å². The van der Waals surface area contributed by atoms with Gasteiger partial charge in [0.05, 0.1) is 40.0 Å². The van der Waals surface area contributed by atoms with Gasteiger partial charge in [0.2, 0.25) is 0 Å². The molecular weight excluding hydrogens is 806 g/mol. The molecule has 0 bridgehead atoms. The maximum atomic E-state index is 12.7. The highest BCUT2D eigenvalue weighted by Crippen LogP contribution is 2.38. The summed E-state index contributed by atoms with van der Waals surface area (Å²) < 4.78 is 33.6. The van der Waals surface area contributed by atoms with Crippen LogP contribution in [0.15, 0.2) is 109 Å². The molecule has 0 aliphatic carbocycles. The number of hydrogen-bond donors (Lipinski definition) is 2. The van der Waals surface area contributed by atoms with Gasteiger partial charge in [-0.2, -0.15) is 0 Å². The predicted molar refractivity (Wildman–Crippen MR) is 252 cm³/mol. The molecule has 0 aliphatic rings. The average Bonchev–Trinajstić information content (AvgIpc) is 3.22. The minimum absolute atomic E-state index is 0.0960. The number of carbonyl (C=O) groups excluding carboxylic acids is 2. The zero-order chi connectivity index (χ0) is 46.0. The van der Waals surface area contributed by atoms with Crippen LogP contribution in [0.2, 0.25) is 0 Å². The number of esters is 2. The van der Waals surface area contributed by atoms with Crippen molar-refractivity contribution in [1.82, 2.24) is 0 Å². The molecule has 0 saturated carbocycles.